The molecule has 1 unspecified atom stereocenters. The molecule has 2 heterocycles. The van der Waals surface area contributed by atoms with Crippen LogP contribution in [0.5, 0.6) is 0 Å². The Morgan fingerprint density at radius 3 is 2.54 bits per heavy atom. The first kappa shape index (κ1) is 16.7. The second kappa shape index (κ2) is 7.20. The normalized spacial score (nSPS) is 17.2. The summed E-state index contributed by atoms with van der Waals surface area (Å²) >= 11 is 12.3. The first-order valence-electron chi connectivity index (χ1n) is 7.47. The number of aromatic nitrogens is 1. The second-order valence-corrected chi connectivity index (χ2v) is 6.36. The van der Waals surface area contributed by atoms with Crippen molar-refractivity contribution in [1.82, 2.24) is 10.3 Å². The third-order valence-electron chi connectivity index (χ3n) is 3.92. The number of benzene rings is 1. The zero-order chi connectivity index (χ0) is 17.1. The Labute approximate surface area is 149 Å². The predicted octanol–water partition coefficient (Wildman–Crippen LogP) is 3.06. The number of nitrogens with zero attached hydrogens (tertiary/aromatic N) is 2. The summed E-state index contributed by atoms with van der Waals surface area (Å²) in [5.41, 5.74) is 1.42. The van der Waals surface area contributed by atoms with Crippen molar-refractivity contribution in [2.75, 3.05) is 11.4 Å². The fourth-order valence-electron chi connectivity index (χ4n) is 2.68. The maximum atomic E-state index is 12.3. The van der Waals surface area contributed by atoms with E-state index < -0.39 is 5.92 Å². The van der Waals surface area contributed by atoms with Crippen LogP contribution < -0.4 is 10.2 Å². The molecule has 2 amide bonds. The highest BCUT2D eigenvalue weighted by Crippen LogP contribution is 2.37. The molecule has 0 saturated carbocycles. The smallest absolute Gasteiger partial charge is 0.227 e. The molecular formula is C17H15Cl2N3O2. The molecule has 24 heavy (non-hydrogen) atoms. The summed E-state index contributed by atoms with van der Waals surface area (Å²) < 4.78 is 0. The lowest BCUT2D eigenvalue weighted by Crippen LogP contribution is -2.32. The van der Waals surface area contributed by atoms with E-state index >= 15 is 0 Å². The Bertz CT molecular complexity index is 747. The molecule has 1 aliphatic rings. The second-order valence-electron chi connectivity index (χ2n) is 5.55. The minimum atomic E-state index is -0.424. The quantitative estimate of drug-likeness (QED) is 0.907. The van der Waals surface area contributed by atoms with Gasteiger partial charge in [-0.1, -0.05) is 29.3 Å². The first-order valence-corrected chi connectivity index (χ1v) is 8.23. The number of rotatable bonds is 4. The van der Waals surface area contributed by atoms with Gasteiger partial charge in [0, 0.05) is 31.9 Å². The van der Waals surface area contributed by atoms with E-state index in [2.05, 4.69) is 10.3 Å². The van der Waals surface area contributed by atoms with Crippen molar-refractivity contribution in [1.29, 1.82) is 0 Å². The third-order valence-corrected chi connectivity index (χ3v) is 4.53. The highest BCUT2D eigenvalue weighted by atomic mass is 35.5. The number of carbonyl (C=O) groups is 2. The van der Waals surface area contributed by atoms with Crippen molar-refractivity contribution in [3.8, 4) is 0 Å². The number of halogens is 2. The molecule has 1 aromatic carbocycles. The van der Waals surface area contributed by atoms with Crippen molar-refractivity contribution >= 4 is 40.7 Å². The average Bonchev–Trinajstić information content (AvgIpc) is 2.95. The van der Waals surface area contributed by atoms with Gasteiger partial charge in [0.05, 0.1) is 21.7 Å². The number of para-hydroxylation sites is 1. The predicted molar refractivity (Wildman–Crippen MR) is 93.0 cm³/mol. The number of pyridine rings is 1. The van der Waals surface area contributed by atoms with Crippen LogP contribution in [-0.2, 0) is 16.1 Å². The van der Waals surface area contributed by atoms with Crippen molar-refractivity contribution in [3.05, 3.63) is 58.3 Å². The summed E-state index contributed by atoms with van der Waals surface area (Å²) in [6.07, 6.45) is 3.48. The lowest BCUT2D eigenvalue weighted by atomic mass is 10.1. The molecule has 1 atom stereocenters. The number of hydrogen-bond donors (Lipinski definition) is 1. The Morgan fingerprint density at radius 2 is 1.88 bits per heavy atom. The standard InChI is InChI=1S/C17H15Cl2N3O2/c18-13-2-1-3-14(19)16(13)22-10-12(8-15(22)23)17(24)21-9-11-4-6-20-7-5-11/h1-7,12H,8-10H2,(H,21,24). The SMILES string of the molecule is O=C(NCc1ccncc1)C1CC(=O)N(c2c(Cl)cccc2Cl)C1. The number of carbonyl (C=O) groups excluding carboxylic acids is 2. The molecule has 5 nitrogen and oxygen atoms in total. The number of nitrogens with one attached hydrogen (secondary N) is 1. The van der Waals surface area contributed by atoms with Crippen LogP contribution in [0.3, 0.4) is 0 Å². The van der Waals surface area contributed by atoms with E-state index in [1.54, 1.807) is 30.6 Å². The summed E-state index contributed by atoms with van der Waals surface area (Å²) in [6.45, 7) is 0.670. The number of anilines is 1. The van der Waals surface area contributed by atoms with Gasteiger partial charge in [-0.2, -0.15) is 0 Å². The Kier molecular flexibility index (Phi) is 5.02. The fourth-order valence-corrected chi connectivity index (χ4v) is 3.28. The molecule has 1 fully saturated rings. The molecule has 0 spiro atoms. The van der Waals surface area contributed by atoms with Crippen LogP contribution >= 0.6 is 23.2 Å². The van der Waals surface area contributed by atoms with Crippen LogP contribution in [0.4, 0.5) is 5.69 Å². The van der Waals surface area contributed by atoms with Gasteiger partial charge in [0.1, 0.15) is 0 Å². The summed E-state index contributed by atoms with van der Waals surface area (Å²) in [5, 5.41) is 3.64. The molecule has 1 aliphatic heterocycles. The van der Waals surface area contributed by atoms with Gasteiger partial charge in [0.25, 0.3) is 0 Å². The van der Waals surface area contributed by atoms with E-state index in [0.29, 0.717) is 22.3 Å². The van der Waals surface area contributed by atoms with Crippen LogP contribution in [0, 0.1) is 5.92 Å². The van der Waals surface area contributed by atoms with Gasteiger partial charge >= 0.3 is 0 Å². The van der Waals surface area contributed by atoms with Gasteiger partial charge in [-0.3, -0.25) is 14.6 Å². The van der Waals surface area contributed by atoms with Crippen LogP contribution in [-0.4, -0.2) is 23.3 Å². The molecule has 7 heteroatoms. The lowest BCUT2D eigenvalue weighted by molar-refractivity contribution is -0.126. The minimum absolute atomic E-state index is 0.143. The van der Waals surface area contributed by atoms with E-state index in [0.717, 1.165) is 5.56 Å². The van der Waals surface area contributed by atoms with E-state index in [-0.39, 0.29) is 24.8 Å². The monoisotopic (exact) mass is 363 g/mol. The van der Waals surface area contributed by atoms with Crippen LogP contribution in [0.2, 0.25) is 10.0 Å². The molecule has 1 saturated heterocycles. The molecule has 0 aliphatic carbocycles. The van der Waals surface area contributed by atoms with Crippen LogP contribution in [0.15, 0.2) is 42.7 Å². The molecule has 124 valence electrons. The van der Waals surface area contributed by atoms with E-state index in [1.807, 2.05) is 12.1 Å². The van der Waals surface area contributed by atoms with Gasteiger partial charge in [0.15, 0.2) is 0 Å². The zero-order valence-corrected chi connectivity index (χ0v) is 14.2. The maximum absolute atomic E-state index is 12.3. The maximum Gasteiger partial charge on any atom is 0.227 e. The molecule has 0 bridgehead atoms. The van der Waals surface area contributed by atoms with E-state index in [1.165, 1.54) is 4.90 Å². The Balaban J connectivity index is 1.67. The zero-order valence-electron chi connectivity index (χ0n) is 12.7. The highest BCUT2D eigenvalue weighted by Gasteiger charge is 2.36. The topological polar surface area (TPSA) is 62.3 Å². The summed E-state index contributed by atoms with van der Waals surface area (Å²) in [7, 11) is 0. The molecular weight excluding hydrogens is 349 g/mol. The molecule has 2 aromatic rings. The lowest BCUT2D eigenvalue weighted by Gasteiger charge is -2.19. The average molecular weight is 364 g/mol. The molecule has 1 N–H and O–H groups in total. The van der Waals surface area contributed by atoms with Crippen molar-refractivity contribution in [3.63, 3.8) is 0 Å². The molecule has 3 rings (SSSR count). The fraction of sp³-hybridized carbons (Fsp3) is 0.235. The van der Waals surface area contributed by atoms with Gasteiger partial charge < -0.3 is 10.2 Å². The van der Waals surface area contributed by atoms with Crippen LogP contribution in [0.1, 0.15) is 12.0 Å². The number of amides is 2. The molecule has 1 aromatic heterocycles. The van der Waals surface area contributed by atoms with E-state index in [9.17, 15) is 9.59 Å². The largest absolute Gasteiger partial charge is 0.352 e. The minimum Gasteiger partial charge on any atom is -0.352 e. The van der Waals surface area contributed by atoms with Gasteiger partial charge in [0.2, 0.25) is 11.8 Å². The number of hydrogen-bond acceptors (Lipinski definition) is 3. The third kappa shape index (κ3) is 3.52. The Hall–Kier alpha value is -2.11. The van der Waals surface area contributed by atoms with Crippen molar-refractivity contribution < 1.29 is 9.59 Å². The van der Waals surface area contributed by atoms with Crippen LogP contribution in [0.25, 0.3) is 0 Å². The highest BCUT2D eigenvalue weighted by molar-refractivity contribution is 6.40. The Morgan fingerprint density at radius 1 is 1.21 bits per heavy atom. The van der Waals surface area contributed by atoms with Crippen molar-refractivity contribution in [2.45, 2.75) is 13.0 Å². The summed E-state index contributed by atoms with van der Waals surface area (Å²) in [5.74, 6) is -0.744. The summed E-state index contributed by atoms with van der Waals surface area (Å²) in [6, 6.07) is 8.72. The van der Waals surface area contributed by atoms with Crippen molar-refractivity contribution in [2.24, 2.45) is 5.92 Å². The first-order chi connectivity index (χ1) is 11.6. The van der Waals surface area contributed by atoms with E-state index in [4.69, 9.17) is 23.2 Å². The molecule has 0 radical (unpaired) electrons. The van der Waals surface area contributed by atoms with Gasteiger partial charge in [-0.25, -0.2) is 0 Å². The van der Waals surface area contributed by atoms with Gasteiger partial charge in [-0.05, 0) is 29.8 Å². The summed E-state index contributed by atoms with van der Waals surface area (Å²) in [4.78, 5) is 30.0. The van der Waals surface area contributed by atoms with Gasteiger partial charge in [-0.15, -0.1) is 0 Å².